The first-order valence-electron chi connectivity index (χ1n) is 12.1. The zero-order chi connectivity index (χ0) is 29.1. The van der Waals surface area contributed by atoms with Crippen molar-refractivity contribution in [2.45, 2.75) is 19.3 Å². The van der Waals surface area contributed by atoms with Crippen LogP contribution >= 0.6 is 0 Å². The summed E-state index contributed by atoms with van der Waals surface area (Å²) in [4.78, 5) is 0. The summed E-state index contributed by atoms with van der Waals surface area (Å²) in [6.45, 7) is 4.23. The highest BCUT2D eigenvalue weighted by Crippen LogP contribution is 2.32. The van der Waals surface area contributed by atoms with Crippen LogP contribution in [0.15, 0.2) is 48.5 Å². The predicted octanol–water partition coefficient (Wildman–Crippen LogP) is 3.49. The first kappa shape index (κ1) is 35.5. The van der Waals surface area contributed by atoms with Crippen LogP contribution in [0, 0.1) is 0 Å². The zero-order valence-corrected chi connectivity index (χ0v) is 27.1. The molecule has 0 fully saturated rings. The lowest BCUT2D eigenvalue weighted by Crippen LogP contribution is -2.44. The molecule has 0 bridgehead atoms. The third-order valence-corrected chi connectivity index (χ3v) is 9.06. The molecule has 0 radical (unpaired) electrons. The number of aromatic hydroxyl groups is 2. The maximum absolute atomic E-state index is 9.30. The highest BCUT2D eigenvalue weighted by atomic mass is 32.2. The molecule has 0 aliphatic carbocycles. The minimum absolute atomic E-state index is 0.120. The number of hydrogen-bond acceptors (Lipinski definition) is 8. The summed E-state index contributed by atoms with van der Waals surface area (Å²) in [7, 11) is 25.0. The first-order valence-corrected chi connectivity index (χ1v) is 14.2. The van der Waals surface area contributed by atoms with Gasteiger partial charge >= 0.3 is 0 Å². The van der Waals surface area contributed by atoms with Crippen molar-refractivity contribution in [3.8, 4) is 11.5 Å². The molecular weight excluding hydrogens is 504 g/mol. The number of phenolic OH excluding ortho intramolecular Hbond substituents is 2. The molecule has 0 atom stereocenters. The van der Waals surface area contributed by atoms with Crippen molar-refractivity contribution in [2.75, 3.05) is 84.6 Å². The molecule has 0 heterocycles. The van der Waals surface area contributed by atoms with Gasteiger partial charge in [0.25, 0.3) is 22.9 Å². The second-order valence-electron chi connectivity index (χ2n) is 10.1. The average molecular weight is 557 g/mol. The summed E-state index contributed by atoms with van der Waals surface area (Å²) in [5.74, 6) is 0.547. The molecule has 2 N–H and O–H groups in total. The summed E-state index contributed by atoms with van der Waals surface area (Å²) in [5.41, 5.74) is 2.10. The van der Waals surface area contributed by atoms with E-state index < -0.39 is 0 Å². The van der Waals surface area contributed by atoms with Crippen LogP contribution in [0.1, 0.15) is 25.0 Å². The molecule has 2 aromatic rings. The molecule has 0 aromatic heterocycles. The predicted molar refractivity (Wildman–Crippen MR) is 165 cm³/mol. The van der Waals surface area contributed by atoms with E-state index in [0.717, 1.165) is 11.1 Å². The molecule has 0 saturated carbocycles. The average Bonchev–Trinajstić information content (AvgIpc) is 2.73. The van der Waals surface area contributed by atoms with Gasteiger partial charge in [-0.2, -0.15) is 0 Å². The Kier molecular flexibility index (Phi) is 15.8. The van der Waals surface area contributed by atoms with Gasteiger partial charge in [-0.25, -0.2) is 0 Å². The molecule has 0 amide bonds. The van der Waals surface area contributed by atoms with Crippen LogP contribution in [0.2, 0.25) is 0 Å². The molecule has 0 unspecified atom stereocenters. The molecule has 0 aliphatic rings. The largest absolute Gasteiger partial charge is 0.508 e. The van der Waals surface area contributed by atoms with Crippen LogP contribution in [0.25, 0.3) is 0 Å². The van der Waals surface area contributed by atoms with Crippen molar-refractivity contribution in [1.82, 2.24) is 25.8 Å². The quantitative estimate of drug-likeness (QED) is 0.480. The fraction of sp³-hybridized carbons (Fsp3) is 0.556. The third-order valence-electron chi connectivity index (χ3n) is 5.14. The Morgan fingerprint density at radius 1 is 0.432 bits per heavy atom. The maximum atomic E-state index is 9.30. The first-order chi connectivity index (χ1) is 16.9. The second-order valence-corrected chi connectivity index (χ2v) is 15.4. The molecule has 2 rings (SSSR count). The molecule has 212 valence electrons. The van der Waals surface area contributed by atoms with E-state index in [1.165, 1.54) is 0 Å². The monoisotopic (exact) mass is 556 g/mol. The Hall–Kier alpha value is -1.50. The SMILES string of the molecule is CC(C)(c1ccc(O)cc1)c1ccc(O)cc1.CN(C)[S+](N(C)C)N(C)C.CN(C)[S+](N(C)C)N(C)C. The van der Waals surface area contributed by atoms with E-state index in [2.05, 4.69) is 124 Å². The fourth-order valence-electron chi connectivity index (χ4n) is 3.88. The van der Waals surface area contributed by atoms with Gasteiger partial charge in [0.15, 0.2) is 0 Å². The van der Waals surface area contributed by atoms with Crippen LogP contribution in [-0.2, 0) is 28.3 Å². The maximum Gasteiger partial charge on any atom is 0.266 e. The number of benzene rings is 2. The smallest absolute Gasteiger partial charge is 0.266 e. The van der Waals surface area contributed by atoms with E-state index in [1.54, 1.807) is 24.3 Å². The highest BCUT2D eigenvalue weighted by molar-refractivity contribution is 7.90. The van der Waals surface area contributed by atoms with Gasteiger partial charge in [0.1, 0.15) is 11.5 Å². The third kappa shape index (κ3) is 12.3. The summed E-state index contributed by atoms with van der Waals surface area (Å²) in [6, 6.07) is 14.4. The lowest BCUT2D eigenvalue weighted by Gasteiger charge is -2.26. The van der Waals surface area contributed by atoms with Crippen LogP contribution in [0.3, 0.4) is 0 Å². The Bertz CT molecular complexity index is 764. The van der Waals surface area contributed by atoms with E-state index >= 15 is 0 Å². The number of phenols is 2. The van der Waals surface area contributed by atoms with E-state index in [9.17, 15) is 10.2 Å². The van der Waals surface area contributed by atoms with E-state index in [0.29, 0.717) is 0 Å². The Morgan fingerprint density at radius 2 is 0.622 bits per heavy atom. The standard InChI is InChI=1S/C15H16O2.2C6H18N3S/c1-15(2,11-3-7-13(16)8-4-11)12-5-9-14(17)10-6-12;2*1-7(2)10(8(3)4)9(5)6/h3-10,16-17H,1-2H3;2*1-6H3/q;2*+1. The lowest BCUT2D eigenvalue weighted by molar-refractivity contribution is 0.474. The van der Waals surface area contributed by atoms with Crippen LogP contribution in [0.5, 0.6) is 11.5 Å². The van der Waals surface area contributed by atoms with Crippen molar-refractivity contribution in [1.29, 1.82) is 0 Å². The van der Waals surface area contributed by atoms with Crippen molar-refractivity contribution in [2.24, 2.45) is 0 Å². The summed E-state index contributed by atoms with van der Waals surface area (Å²) < 4.78 is 13.2. The normalized spacial score (nSPS) is 12.1. The molecule has 0 spiro atoms. The van der Waals surface area contributed by atoms with Gasteiger partial charge in [0.05, 0.1) is 0 Å². The lowest BCUT2D eigenvalue weighted by atomic mass is 9.78. The summed E-state index contributed by atoms with van der Waals surface area (Å²) in [6.07, 6.45) is 0. The van der Waals surface area contributed by atoms with Gasteiger partial charge in [-0.3, -0.25) is 0 Å². The number of hydrogen-bond donors (Lipinski definition) is 2. The summed E-state index contributed by atoms with van der Waals surface area (Å²) >= 11 is 0.241. The molecule has 37 heavy (non-hydrogen) atoms. The van der Waals surface area contributed by atoms with Gasteiger partial charge in [-0.1, -0.05) is 63.9 Å². The molecule has 0 aliphatic heterocycles. The topological polar surface area (TPSA) is 59.9 Å². The Labute approximate surface area is 233 Å². The number of rotatable bonds is 8. The molecule has 2 aromatic carbocycles. The summed E-state index contributed by atoms with van der Waals surface area (Å²) in [5, 5.41) is 18.6. The number of nitrogens with zero attached hydrogens (tertiary/aromatic N) is 6. The molecular formula is C27H52N6O2S2+2. The van der Waals surface area contributed by atoms with Gasteiger partial charge < -0.3 is 10.2 Å². The highest BCUT2D eigenvalue weighted by Gasteiger charge is 2.30. The minimum atomic E-state index is -0.151. The minimum Gasteiger partial charge on any atom is -0.508 e. The van der Waals surface area contributed by atoms with E-state index in [1.807, 2.05) is 24.3 Å². The molecule has 10 heteroatoms. The Morgan fingerprint density at radius 3 is 0.757 bits per heavy atom. The van der Waals surface area contributed by atoms with Gasteiger partial charge in [0.2, 0.25) is 0 Å². The van der Waals surface area contributed by atoms with Crippen molar-refractivity contribution < 1.29 is 10.2 Å². The van der Waals surface area contributed by atoms with Crippen molar-refractivity contribution >= 4 is 22.9 Å². The fourth-order valence-corrected chi connectivity index (χ4v) is 7.80. The van der Waals surface area contributed by atoms with Gasteiger partial charge in [0, 0.05) is 90.0 Å². The Balaban J connectivity index is 0.000000564. The molecule has 0 saturated heterocycles. The van der Waals surface area contributed by atoms with Crippen LogP contribution in [0.4, 0.5) is 0 Å². The van der Waals surface area contributed by atoms with Crippen molar-refractivity contribution in [3.05, 3.63) is 59.7 Å². The van der Waals surface area contributed by atoms with Crippen LogP contribution in [-0.4, -0.2) is 121 Å². The van der Waals surface area contributed by atoms with Crippen LogP contribution < -0.4 is 0 Å². The van der Waals surface area contributed by atoms with Gasteiger partial charge in [-0.05, 0) is 35.4 Å². The van der Waals surface area contributed by atoms with Crippen molar-refractivity contribution in [3.63, 3.8) is 0 Å². The second kappa shape index (κ2) is 16.5. The van der Waals surface area contributed by atoms with Gasteiger partial charge in [-0.15, -0.1) is 0 Å². The van der Waals surface area contributed by atoms with E-state index in [4.69, 9.17) is 0 Å². The van der Waals surface area contributed by atoms with E-state index in [-0.39, 0.29) is 39.8 Å². The molecule has 8 nitrogen and oxygen atoms in total. The zero-order valence-electron chi connectivity index (χ0n) is 25.5.